The van der Waals surface area contributed by atoms with Crippen molar-refractivity contribution in [2.75, 3.05) is 19.6 Å². The minimum absolute atomic E-state index is 0.0857. The van der Waals surface area contributed by atoms with Crippen LogP contribution in [0, 0.1) is 5.92 Å². The van der Waals surface area contributed by atoms with Gasteiger partial charge in [0.1, 0.15) is 18.4 Å². The molecule has 0 bridgehead atoms. The third kappa shape index (κ3) is 9.25. The van der Waals surface area contributed by atoms with Gasteiger partial charge in [-0.15, -0.1) is 0 Å². The van der Waals surface area contributed by atoms with E-state index in [0.717, 1.165) is 17.5 Å². The number of nitrogens with two attached hydrogens (primary N) is 1. The summed E-state index contributed by atoms with van der Waals surface area (Å²) in [4.78, 5) is 50.4. The summed E-state index contributed by atoms with van der Waals surface area (Å²) >= 11 is 0. The van der Waals surface area contributed by atoms with Gasteiger partial charge in [0.2, 0.25) is 23.6 Å². The van der Waals surface area contributed by atoms with Crippen LogP contribution in [-0.4, -0.2) is 54.2 Å². The molecule has 3 rings (SSSR count). The number of benzene rings is 2. The molecular formula is C28H36N4O5. The molecule has 1 aliphatic rings. The van der Waals surface area contributed by atoms with Crippen LogP contribution >= 0.6 is 0 Å². The Bertz CT molecular complexity index is 1060. The number of amides is 4. The summed E-state index contributed by atoms with van der Waals surface area (Å²) < 4.78 is 5.83. The number of likely N-dealkylation sites (tertiary alicyclic amines) is 1. The molecule has 4 amide bonds. The van der Waals surface area contributed by atoms with Crippen LogP contribution < -0.4 is 21.1 Å². The van der Waals surface area contributed by atoms with E-state index in [1.807, 2.05) is 54.6 Å². The molecule has 37 heavy (non-hydrogen) atoms. The van der Waals surface area contributed by atoms with Crippen LogP contribution in [0.2, 0.25) is 0 Å². The van der Waals surface area contributed by atoms with E-state index in [2.05, 4.69) is 10.6 Å². The Labute approximate surface area is 217 Å². The van der Waals surface area contributed by atoms with Crippen LogP contribution in [0.4, 0.5) is 0 Å². The number of carbonyl (C=O) groups excluding carboxylic acids is 4. The average Bonchev–Trinajstić information content (AvgIpc) is 3.31. The predicted molar refractivity (Wildman–Crippen MR) is 139 cm³/mol. The fraction of sp³-hybridized carbons (Fsp3) is 0.429. The predicted octanol–water partition coefficient (Wildman–Crippen LogP) is 1.93. The topological polar surface area (TPSA) is 131 Å². The van der Waals surface area contributed by atoms with Gasteiger partial charge < -0.3 is 26.0 Å². The maximum absolute atomic E-state index is 13.0. The number of nitrogens with one attached hydrogen (secondary N) is 2. The van der Waals surface area contributed by atoms with Gasteiger partial charge in [-0.05, 0) is 36.1 Å². The first-order chi connectivity index (χ1) is 17.8. The lowest BCUT2D eigenvalue weighted by Gasteiger charge is -2.21. The van der Waals surface area contributed by atoms with Crippen molar-refractivity contribution in [3.63, 3.8) is 0 Å². The van der Waals surface area contributed by atoms with E-state index in [4.69, 9.17) is 10.5 Å². The molecular weight excluding hydrogens is 472 g/mol. The van der Waals surface area contributed by atoms with E-state index in [0.29, 0.717) is 44.8 Å². The second-order valence-corrected chi connectivity index (χ2v) is 9.36. The van der Waals surface area contributed by atoms with Gasteiger partial charge >= 0.3 is 0 Å². The zero-order chi connectivity index (χ0) is 26.6. The van der Waals surface area contributed by atoms with E-state index in [1.54, 1.807) is 11.8 Å². The summed E-state index contributed by atoms with van der Waals surface area (Å²) in [5.74, 6) is -0.753. The number of carbonyl (C=O) groups is 4. The highest BCUT2D eigenvalue weighted by Crippen LogP contribution is 2.16. The molecule has 2 aromatic rings. The largest absolute Gasteiger partial charge is 0.489 e. The molecule has 2 atom stereocenters. The molecule has 4 N–H and O–H groups in total. The first-order valence-electron chi connectivity index (χ1n) is 12.7. The lowest BCUT2D eigenvalue weighted by Crippen LogP contribution is -2.49. The molecule has 198 valence electrons. The molecule has 0 saturated carbocycles. The van der Waals surface area contributed by atoms with Gasteiger partial charge in [-0.2, -0.15) is 0 Å². The number of hydrogen-bond donors (Lipinski definition) is 3. The van der Waals surface area contributed by atoms with Gasteiger partial charge in [0.15, 0.2) is 0 Å². The Morgan fingerprint density at radius 2 is 1.78 bits per heavy atom. The van der Waals surface area contributed by atoms with Gasteiger partial charge in [0.05, 0.1) is 0 Å². The minimum Gasteiger partial charge on any atom is -0.489 e. The molecule has 1 heterocycles. The van der Waals surface area contributed by atoms with Crippen molar-refractivity contribution in [3.05, 3.63) is 65.7 Å². The molecule has 9 heteroatoms. The Balaban J connectivity index is 1.57. The summed E-state index contributed by atoms with van der Waals surface area (Å²) in [5.41, 5.74) is 7.20. The van der Waals surface area contributed by atoms with Crippen LogP contribution in [-0.2, 0) is 32.2 Å². The highest BCUT2D eigenvalue weighted by atomic mass is 16.5. The smallest absolute Gasteiger partial charge is 0.242 e. The van der Waals surface area contributed by atoms with E-state index < -0.39 is 17.9 Å². The van der Waals surface area contributed by atoms with Crippen molar-refractivity contribution in [2.45, 2.75) is 51.7 Å². The zero-order valence-corrected chi connectivity index (χ0v) is 21.3. The van der Waals surface area contributed by atoms with Crippen molar-refractivity contribution in [1.29, 1.82) is 0 Å². The summed E-state index contributed by atoms with van der Waals surface area (Å²) in [6.45, 7) is 3.56. The molecule has 2 aromatic carbocycles. The molecule has 1 aliphatic heterocycles. The number of ether oxygens (including phenoxy) is 1. The molecule has 0 spiro atoms. The summed E-state index contributed by atoms with van der Waals surface area (Å²) in [7, 11) is 0. The summed E-state index contributed by atoms with van der Waals surface area (Å²) in [5, 5.41) is 5.64. The minimum atomic E-state index is -0.804. The normalized spacial score (nSPS) is 14.6. The molecule has 1 saturated heterocycles. The van der Waals surface area contributed by atoms with Crippen molar-refractivity contribution < 1.29 is 23.9 Å². The van der Waals surface area contributed by atoms with Crippen molar-refractivity contribution in [3.8, 4) is 5.75 Å². The number of nitrogens with zero attached hydrogens (tertiary/aromatic N) is 1. The van der Waals surface area contributed by atoms with Gasteiger partial charge in [0, 0.05) is 44.8 Å². The first kappa shape index (κ1) is 27.7. The van der Waals surface area contributed by atoms with Crippen LogP contribution in [0.25, 0.3) is 0 Å². The van der Waals surface area contributed by atoms with Gasteiger partial charge in [-0.1, -0.05) is 49.4 Å². The van der Waals surface area contributed by atoms with Crippen LogP contribution in [0.15, 0.2) is 54.6 Å². The Morgan fingerprint density at radius 1 is 1.05 bits per heavy atom. The highest BCUT2D eigenvalue weighted by molar-refractivity contribution is 5.88. The van der Waals surface area contributed by atoms with Crippen LogP contribution in [0.3, 0.4) is 0 Å². The van der Waals surface area contributed by atoms with Crippen LogP contribution in [0.5, 0.6) is 5.75 Å². The first-order valence-corrected chi connectivity index (χ1v) is 12.7. The fourth-order valence-corrected chi connectivity index (χ4v) is 4.04. The van der Waals surface area contributed by atoms with E-state index in [-0.39, 0.29) is 30.6 Å². The van der Waals surface area contributed by atoms with Crippen molar-refractivity contribution in [1.82, 2.24) is 15.5 Å². The second kappa shape index (κ2) is 14.0. The Morgan fingerprint density at radius 3 is 2.43 bits per heavy atom. The number of rotatable bonds is 14. The molecule has 0 aromatic heterocycles. The summed E-state index contributed by atoms with van der Waals surface area (Å²) in [6.07, 6.45) is 2.05. The maximum Gasteiger partial charge on any atom is 0.242 e. The molecule has 9 nitrogen and oxygen atoms in total. The molecule has 0 radical (unpaired) electrons. The highest BCUT2D eigenvalue weighted by Gasteiger charge is 2.23. The lowest BCUT2D eigenvalue weighted by atomic mass is 10.0. The third-order valence-corrected chi connectivity index (χ3v) is 6.41. The number of hydrogen-bond acceptors (Lipinski definition) is 5. The Hall–Kier alpha value is -3.88. The maximum atomic E-state index is 13.0. The molecule has 0 aliphatic carbocycles. The standard InChI is InChI=1S/C28H36N4O5/c1-20(27(29)35)9-14-25(33)31-24(28(36)30-15-17-32-16-5-8-26(32)34)18-21-10-12-23(13-11-21)37-19-22-6-3-2-4-7-22/h2-4,6-7,10-13,20,24H,5,8-9,14-19H2,1H3,(H2,29,35)(H,30,36)(H,31,33). The van der Waals surface area contributed by atoms with Crippen LogP contribution in [0.1, 0.15) is 43.7 Å². The molecule has 2 unspecified atom stereocenters. The summed E-state index contributed by atoms with van der Waals surface area (Å²) in [6, 6.07) is 16.4. The fourth-order valence-electron chi connectivity index (χ4n) is 4.04. The van der Waals surface area contributed by atoms with Gasteiger partial charge in [-0.25, -0.2) is 0 Å². The monoisotopic (exact) mass is 508 g/mol. The molecule has 1 fully saturated rings. The SMILES string of the molecule is CC(CCC(=O)NC(Cc1ccc(OCc2ccccc2)cc1)C(=O)NCCN1CCCC1=O)C(N)=O. The number of primary amides is 1. The van der Waals surface area contributed by atoms with Gasteiger partial charge in [0.25, 0.3) is 0 Å². The zero-order valence-electron chi connectivity index (χ0n) is 21.3. The van der Waals surface area contributed by atoms with E-state index in [9.17, 15) is 19.2 Å². The van der Waals surface area contributed by atoms with Crippen molar-refractivity contribution >= 4 is 23.6 Å². The third-order valence-electron chi connectivity index (χ3n) is 6.41. The quantitative estimate of drug-likeness (QED) is 0.359. The van der Waals surface area contributed by atoms with Gasteiger partial charge in [-0.3, -0.25) is 19.2 Å². The van der Waals surface area contributed by atoms with E-state index >= 15 is 0 Å². The average molecular weight is 509 g/mol. The lowest BCUT2D eigenvalue weighted by molar-refractivity contribution is -0.130. The second-order valence-electron chi connectivity index (χ2n) is 9.36. The van der Waals surface area contributed by atoms with E-state index in [1.165, 1.54) is 0 Å². The Kier molecular flexibility index (Phi) is 10.5. The van der Waals surface area contributed by atoms with Crippen molar-refractivity contribution in [2.24, 2.45) is 11.7 Å².